The number of hydrogen-bond donors (Lipinski definition) is 2. The number of carbonyl (C=O) groups excluding carboxylic acids is 2. The Balaban J connectivity index is 1.88. The van der Waals surface area contributed by atoms with E-state index in [-0.39, 0.29) is 28.6 Å². The number of ketones is 1. The van der Waals surface area contributed by atoms with E-state index in [4.69, 9.17) is 16.3 Å². The van der Waals surface area contributed by atoms with Crippen molar-refractivity contribution in [2.45, 2.75) is 33.6 Å². The summed E-state index contributed by atoms with van der Waals surface area (Å²) in [6, 6.07) is 3.74. The minimum atomic E-state index is -0.478. The molecular formula is C17H20ClFN2O3. The molecule has 2 N–H and O–H groups in total. The van der Waals surface area contributed by atoms with Crippen molar-refractivity contribution in [3.05, 3.63) is 40.4 Å². The Morgan fingerprint density at radius 1 is 1.38 bits per heavy atom. The first-order chi connectivity index (χ1) is 11.2. The number of amides is 1. The van der Waals surface area contributed by atoms with Crippen molar-refractivity contribution in [2.24, 2.45) is 5.41 Å². The molecule has 5 nitrogen and oxygen atoms in total. The molecule has 24 heavy (non-hydrogen) atoms. The van der Waals surface area contributed by atoms with Gasteiger partial charge in [0.15, 0.2) is 18.1 Å². The monoisotopic (exact) mass is 354 g/mol. The van der Waals surface area contributed by atoms with Gasteiger partial charge in [0.25, 0.3) is 5.91 Å². The molecule has 2 rings (SSSR count). The summed E-state index contributed by atoms with van der Waals surface area (Å²) in [6.07, 6.45) is 1.14. The number of carbonyl (C=O) groups is 2. The molecule has 0 aliphatic heterocycles. The summed E-state index contributed by atoms with van der Waals surface area (Å²) < 4.78 is 18.3. The lowest BCUT2D eigenvalue weighted by Gasteiger charge is -2.30. The molecule has 130 valence electrons. The predicted octanol–water partition coefficient (Wildman–Crippen LogP) is 3.60. The largest absolute Gasteiger partial charge is 0.480 e. The summed E-state index contributed by atoms with van der Waals surface area (Å²) in [6.45, 7) is 5.58. The van der Waals surface area contributed by atoms with Crippen LogP contribution in [-0.2, 0) is 14.3 Å². The average Bonchev–Trinajstić information content (AvgIpc) is 2.44. The molecule has 7 heteroatoms. The topological polar surface area (TPSA) is 67.4 Å². The van der Waals surface area contributed by atoms with Gasteiger partial charge in [-0.15, -0.1) is 0 Å². The van der Waals surface area contributed by atoms with Crippen LogP contribution in [0.1, 0.15) is 33.6 Å². The molecule has 0 bridgehead atoms. The zero-order chi connectivity index (χ0) is 17.9. The third-order valence-corrected chi connectivity index (χ3v) is 3.95. The second-order valence-corrected chi connectivity index (χ2v) is 7.04. The molecule has 1 amide bonds. The fourth-order valence-electron chi connectivity index (χ4n) is 2.72. The normalized spacial score (nSPS) is 16.8. The lowest BCUT2D eigenvalue weighted by Crippen LogP contribution is -2.34. The van der Waals surface area contributed by atoms with Crippen LogP contribution >= 0.6 is 11.6 Å². The van der Waals surface area contributed by atoms with Crippen LogP contribution in [0.25, 0.3) is 0 Å². The second kappa shape index (κ2) is 7.21. The fourth-order valence-corrected chi connectivity index (χ4v) is 2.93. The molecule has 1 aliphatic rings. The van der Waals surface area contributed by atoms with Crippen LogP contribution in [0, 0.1) is 11.2 Å². The summed E-state index contributed by atoms with van der Waals surface area (Å²) in [4.78, 5) is 23.9. The molecule has 0 heterocycles. The molecule has 0 unspecified atom stereocenters. The zero-order valence-corrected chi connectivity index (χ0v) is 14.6. The smallest absolute Gasteiger partial charge is 0.276 e. The Bertz CT molecular complexity index is 701. The molecule has 1 aliphatic carbocycles. The summed E-state index contributed by atoms with van der Waals surface area (Å²) in [5.41, 5.74) is 6.09. The highest BCUT2D eigenvalue weighted by Crippen LogP contribution is 2.36. The number of benzene rings is 1. The molecule has 0 saturated carbocycles. The number of rotatable bonds is 5. The number of allylic oxidation sites excluding steroid dienone is 2. The molecule has 0 atom stereocenters. The van der Waals surface area contributed by atoms with Gasteiger partial charge in [0.1, 0.15) is 5.82 Å². The van der Waals surface area contributed by atoms with E-state index in [9.17, 15) is 14.0 Å². The van der Waals surface area contributed by atoms with E-state index in [0.717, 1.165) is 18.1 Å². The molecule has 1 aromatic carbocycles. The quantitative estimate of drug-likeness (QED) is 0.793. The lowest BCUT2D eigenvalue weighted by molar-refractivity contribution is -0.127. The van der Waals surface area contributed by atoms with Crippen LogP contribution < -0.4 is 10.9 Å². The van der Waals surface area contributed by atoms with Gasteiger partial charge in [-0.1, -0.05) is 25.4 Å². The average molecular weight is 355 g/mol. The van der Waals surface area contributed by atoms with E-state index in [2.05, 4.69) is 10.9 Å². The zero-order valence-electron chi connectivity index (χ0n) is 13.8. The maximum absolute atomic E-state index is 12.9. The molecule has 0 spiro atoms. The minimum absolute atomic E-state index is 0.0861. The number of ether oxygens (including phenoxy) is 1. The molecular weight excluding hydrogens is 335 g/mol. The van der Waals surface area contributed by atoms with Crippen LogP contribution in [0.5, 0.6) is 0 Å². The van der Waals surface area contributed by atoms with Crippen molar-refractivity contribution in [2.75, 3.05) is 12.0 Å². The van der Waals surface area contributed by atoms with Crippen LogP contribution in [0.15, 0.2) is 29.5 Å². The van der Waals surface area contributed by atoms with Gasteiger partial charge in [0, 0.05) is 6.42 Å². The van der Waals surface area contributed by atoms with E-state index in [1.807, 2.05) is 20.8 Å². The van der Waals surface area contributed by atoms with E-state index >= 15 is 0 Å². The summed E-state index contributed by atoms with van der Waals surface area (Å²) in [7, 11) is 0. The highest BCUT2D eigenvalue weighted by molar-refractivity contribution is 6.33. The molecule has 0 saturated heterocycles. The van der Waals surface area contributed by atoms with Crippen molar-refractivity contribution in [1.82, 2.24) is 5.43 Å². The fraction of sp³-hybridized carbons (Fsp3) is 0.412. The predicted molar refractivity (Wildman–Crippen MR) is 89.8 cm³/mol. The highest BCUT2D eigenvalue weighted by Gasteiger charge is 2.32. The Morgan fingerprint density at radius 2 is 2.08 bits per heavy atom. The SMILES string of the molecule is CC1=C(OCC(=O)NNc2ccc(F)cc2Cl)C(=O)CC(C)(C)C1. The maximum atomic E-state index is 12.9. The standard InChI is InChI=1S/C17H20ClFN2O3/c1-10-7-17(2,3)8-14(22)16(10)24-9-15(23)21-20-13-5-4-11(19)6-12(13)18/h4-6,20H,7-9H2,1-3H3,(H,21,23). The summed E-state index contributed by atoms with van der Waals surface area (Å²) in [5.74, 6) is -0.773. The molecule has 0 aromatic heterocycles. The maximum Gasteiger partial charge on any atom is 0.276 e. The summed E-state index contributed by atoms with van der Waals surface area (Å²) >= 11 is 5.84. The van der Waals surface area contributed by atoms with E-state index < -0.39 is 11.7 Å². The number of nitrogens with one attached hydrogen (secondary N) is 2. The van der Waals surface area contributed by atoms with Gasteiger partial charge in [-0.3, -0.25) is 20.4 Å². The Labute approximate surface area is 145 Å². The Hall–Kier alpha value is -2.08. The molecule has 0 radical (unpaired) electrons. The van der Waals surface area contributed by atoms with E-state index in [1.54, 1.807) is 0 Å². The first-order valence-electron chi connectivity index (χ1n) is 7.53. The van der Waals surface area contributed by atoms with Crippen molar-refractivity contribution in [1.29, 1.82) is 0 Å². The lowest BCUT2D eigenvalue weighted by atomic mass is 9.76. The third-order valence-electron chi connectivity index (χ3n) is 3.64. The van der Waals surface area contributed by atoms with Gasteiger partial charge < -0.3 is 4.74 Å². The van der Waals surface area contributed by atoms with E-state index in [1.165, 1.54) is 12.1 Å². The molecule has 1 aromatic rings. The van der Waals surface area contributed by atoms with Gasteiger partial charge in [-0.25, -0.2) is 4.39 Å². The number of hydrazine groups is 1. The first kappa shape index (κ1) is 18.3. The Kier molecular flexibility index (Phi) is 5.49. The van der Waals surface area contributed by atoms with Crippen LogP contribution in [0.4, 0.5) is 10.1 Å². The van der Waals surface area contributed by atoms with Gasteiger partial charge in [0.2, 0.25) is 0 Å². The number of Topliss-reactive ketones (excluding diaryl/α,β-unsaturated/α-hetero) is 1. The van der Waals surface area contributed by atoms with Crippen LogP contribution in [0.2, 0.25) is 5.02 Å². The van der Waals surface area contributed by atoms with Gasteiger partial charge >= 0.3 is 0 Å². The minimum Gasteiger partial charge on any atom is -0.480 e. The summed E-state index contributed by atoms with van der Waals surface area (Å²) in [5, 5.41) is 0.138. The van der Waals surface area contributed by atoms with Gasteiger partial charge in [-0.05, 0) is 42.5 Å². The highest BCUT2D eigenvalue weighted by atomic mass is 35.5. The number of halogens is 2. The number of anilines is 1. The van der Waals surface area contributed by atoms with Gasteiger partial charge in [0.05, 0.1) is 10.7 Å². The Morgan fingerprint density at radius 3 is 2.71 bits per heavy atom. The van der Waals surface area contributed by atoms with Crippen LogP contribution in [-0.4, -0.2) is 18.3 Å². The van der Waals surface area contributed by atoms with Crippen molar-refractivity contribution >= 4 is 29.0 Å². The molecule has 0 fully saturated rings. The van der Waals surface area contributed by atoms with Crippen LogP contribution in [0.3, 0.4) is 0 Å². The van der Waals surface area contributed by atoms with Gasteiger partial charge in [-0.2, -0.15) is 0 Å². The first-order valence-corrected chi connectivity index (χ1v) is 7.91. The van der Waals surface area contributed by atoms with Crippen molar-refractivity contribution in [3.8, 4) is 0 Å². The van der Waals surface area contributed by atoms with Crippen molar-refractivity contribution in [3.63, 3.8) is 0 Å². The van der Waals surface area contributed by atoms with E-state index in [0.29, 0.717) is 12.1 Å². The third kappa shape index (κ3) is 4.71. The number of hydrogen-bond acceptors (Lipinski definition) is 4. The van der Waals surface area contributed by atoms with Crippen molar-refractivity contribution < 1.29 is 18.7 Å². The second-order valence-electron chi connectivity index (χ2n) is 6.64.